The van der Waals surface area contributed by atoms with Crippen molar-refractivity contribution in [2.24, 2.45) is 0 Å². The number of hydrogen-bond acceptors (Lipinski definition) is 6. The Morgan fingerprint density at radius 1 is 1.22 bits per heavy atom. The largest absolute Gasteiger partial charge is 0.396 e. The Labute approximate surface area is 159 Å². The van der Waals surface area contributed by atoms with Crippen LogP contribution in [-0.4, -0.2) is 22.2 Å². The molecule has 0 bridgehead atoms. The molecular weight excluding hydrogens is 336 g/mol. The Bertz CT molecular complexity index is 977. The maximum absolute atomic E-state index is 7.65. The normalized spacial score (nSPS) is 11.6. The molecule has 6 heteroatoms. The summed E-state index contributed by atoms with van der Waals surface area (Å²) in [5.41, 5.74) is 10.1. The van der Waals surface area contributed by atoms with Crippen molar-refractivity contribution in [3.63, 3.8) is 0 Å². The first kappa shape index (κ1) is 18.4. The van der Waals surface area contributed by atoms with E-state index in [0.29, 0.717) is 29.3 Å². The number of nitrogens with two attached hydrogens (primary N) is 1. The predicted molar refractivity (Wildman–Crippen MR) is 113 cm³/mol. The van der Waals surface area contributed by atoms with Crippen molar-refractivity contribution in [3.05, 3.63) is 66.1 Å². The molecule has 27 heavy (non-hydrogen) atoms. The fourth-order valence-electron chi connectivity index (χ4n) is 2.64. The third-order valence-corrected chi connectivity index (χ3v) is 4.08. The van der Waals surface area contributed by atoms with Gasteiger partial charge < -0.3 is 21.8 Å². The van der Waals surface area contributed by atoms with E-state index in [0.717, 1.165) is 16.5 Å². The molecule has 0 amide bonds. The van der Waals surface area contributed by atoms with Gasteiger partial charge in [0.1, 0.15) is 5.82 Å². The molecule has 0 radical (unpaired) electrons. The van der Waals surface area contributed by atoms with Gasteiger partial charge in [-0.2, -0.15) is 0 Å². The van der Waals surface area contributed by atoms with E-state index in [-0.39, 0.29) is 6.04 Å². The van der Waals surface area contributed by atoms with Gasteiger partial charge in [0.05, 0.1) is 16.9 Å². The summed E-state index contributed by atoms with van der Waals surface area (Å²) in [4.78, 5) is 8.93. The van der Waals surface area contributed by atoms with Crippen LogP contribution in [0.3, 0.4) is 0 Å². The van der Waals surface area contributed by atoms with Gasteiger partial charge in [0.2, 0.25) is 0 Å². The first-order valence-corrected chi connectivity index (χ1v) is 8.88. The smallest absolute Gasteiger partial charge is 0.150 e. The molecule has 0 atom stereocenters. The van der Waals surface area contributed by atoms with Gasteiger partial charge in [0.15, 0.2) is 0 Å². The lowest BCUT2D eigenvalue weighted by Gasteiger charge is -2.12. The maximum Gasteiger partial charge on any atom is 0.150 e. The molecule has 3 aromatic rings. The van der Waals surface area contributed by atoms with Crippen LogP contribution in [0.4, 0.5) is 11.5 Å². The van der Waals surface area contributed by atoms with Crippen molar-refractivity contribution in [1.29, 1.82) is 5.41 Å². The third kappa shape index (κ3) is 4.61. The van der Waals surface area contributed by atoms with Gasteiger partial charge in [0.25, 0.3) is 0 Å². The minimum atomic E-state index is 0.286. The Balaban J connectivity index is 1.79. The highest BCUT2D eigenvalue weighted by atomic mass is 15.0. The zero-order valence-corrected chi connectivity index (χ0v) is 15.5. The lowest BCUT2D eigenvalue weighted by atomic mass is 10.1. The minimum absolute atomic E-state index is 0.286. The van der Waals surface area contributed by atoms with E-state index < -0.39 is 0 Å². The summed E-state index contributed by atoms with van der Waals surface area (Å²) in [7, 11) is 0. The molecule has 0 saturated heterocycles. The summed E-state index contributed by atoms with van der Waals surface area (Å²) in [6, 6.07) is 14.0. The average molecular weight is 360 g/mol. The van der Waals surface area contributed by atoms with Crippen LogP contribution in [0, 0.1) is 5.41 Å². The molecule has 138 valence electrons. The number of nitrogens with zero attached hydrogens (tertiary/aromatic N) is 2. The number of rotatable bonds is 7. The topological polar surface area (TPSA) is 99.7 Å². The van der Waals surface area contributed by atoms with Gasteiger partial charge in [-0.3, -0.25) is 4.98 Å². The van der Waals surface area contributed by atoms with E-state index in [1.165, 1.54) is 6.21 Å². The van der Waals surface area contributed by atoms with Crippen molar-refractivity contribution >= 4 is 34.2 Å². The Kier molecular flexibility index (Phi) is 5.66. The summed E-state index contributed by atoms with van der Waals surface area (Å²) < 4.78 is 0. The number of allylic oxidation sites excluding steroid dienone is 1. The zero-order chi connectivity index (χ0) is 19.2. The Morgan fingerprint density at radius 2 is 2.07 bits per heavy atom. The van der Waals surface area contributed by atoms with Crippen LogP contribution in [0.15, 0.2) is 54.9 Å². The predicted octanol–water partition coefficient (Wildman–Crippen LogP) is 3.81. The Morgan fingerprint density at radius 3 is 2.85 bits per heavy atom. The molecule has 0 aliphatic heterocycles. The van der Waals surface area contributed by atoms with Crippen molar-refractivity contribution in [1.82, 2.24) is 15.3 Å². The van der Waals surface area contributed by atoms with E-state index in [1.54, 1.807) is 12.4 Å². The summed E-state index contributed by atoms with van der Waals surface area (Å²) in [5, 5.41) is 15.2. The molecule has 2 heterocycles. The summed E-state index contributed by atoms with van der Waals surface area (Å²) in [6.07, 6.45) is 4.88. The molecule has 5 N–H and O–H groups in total. The highest BCUT2D eigenvalue weighted by molar-refractivity contribution is 6.07. The molecular formula is C21H24N6. The summed E-state index contributed by atoms with van der Waals surface area (Å²) >= 11 is 0. The monoisotopic (exact) mass is 360 g/mol. The van der Waals surface area contributed by atoms with Crippen molar-refractivity contribution in [2.45, 2.75) is 26.4 Å². The first-order valence-electron chi connectivity index (χ1n) is 8.88. The van der Waals surface area contributed by atoms with Gasteiger partial charge in [-0.25, -0.2) is 4.98 Å². The third-order valence-electron chi connectivity index (χ3n) is 4.08. The lowest BCUT2D eigenvalue weighted by Crippen LogP contribution is -2.16. The molecule has 0 aliphatic carbocycles. The Hall–Kier alpha value is -3.41. The van der Waals surface area contributed by atoms with Crippen LogP contribution in [0.1, 0.15) is 25.1 Å². The molecule has 0 aliphatic rings. The van der Waals surface area contributed by atoms with Crippen LogP contribution < -0.4 is 16.4 Å². The highest BCUT2D eigenvalue weighted by Gasteiger charge is 2.07. The molecule has 1 aromatic carbocycles. The first-order chi connectivity index (χ1) is 13.1. The fraction of sp³-hybridized carbons (Fsp3) is 0.190. The van der Waals surface area contributed by atoms with E-state index >= 15 is 0 Å². The van der Waals surface area contributed by atoms with Gasteiger partial charge in [-0.15, -0.1) is 0 Å². The second-order valence-electron chi connectivity index (χ2n) is 6.58. The minimum Gasteiger partial charge on any atom is -0.396 e. The van der Waals surface area contributed by atoms with E-state index in [9.17, 15) is 0 Å². The van der Waals surface area contributed by atoms with Crippen molar-refractivity contribution in [2.75, 3.05) is 11.1 Å². The number of anilines is 2. The van der Waals surface area contributed by atoms with Gasteiger partial charge in [0, 0.05) is 42.2 Å². The molecule has 6 nitrogen and oxygen atoms in total. The SMILES string of the molecule is CC(C)N/C=C(\C=N)c1ccc(N)c(NCc2ccc3ncccc3c2)n1. The van der Waals surface area contributed by atoms with E-state index in [4.69, 9.17) is 11.1 Å². The van der Waals surface area contributed by atoms with E-state index in [2.05, 4.69) is 26.7 Å². The van der Waals surface area contributed by atoms with E-state index in [1.807, 2.05) is 50.2 Å². The number of nitrogen functional groups attached to an aromatic ring is 1. The highest BCUT2D eigenvalue weighted by Crippen LogP contribution is 2.21. The van der Waals surface area contributed by atoms with Crippen LogP contribution in [0.2, 0.25) is 0 Å². The molecule has 3 rings (SSSR count). The number of nitrogens with one attached hydrogen (secondary N) is 3. The van der Waals surface area contributed by atoms with Crippen molar-refractivity contribution < 1.29 is 0 Å². The quantitative estimate of drug-likeness (QED) is 0.480. The standard InChI is InChI=1S/C21H24N6/c1-14(2)25-13-17(11-22)20-8-6-18(23)21(27-20)26-12-15-5-7-19-16(10-15)4-3-9-24-19/h3-11,13-14,22,25H,12,23H2,1-2H3,(H,26,27)/b17-13+,22-11?. The second kappa shape index (κ2) is 8.31. The fourth-order valence-corrected chi connectivity index (χ4v) is 2.64. The summed E-state index contributed by atoms with van der Waals surface area (Å²) in [6.45, 7) is 4.68. The number of fused-ring (bicyclic) bond motifs is 1. The van der Waals surface area contributed by atoms with Crippen molar-refractivity contribution in [3.8, 4) is 0 Å². The average Bonchev–Trinajstić information content (AvgIpc) is 2.68. The van der Waals surface area contributed by atoms with Crippen LogP contribution in [0.5, 0.6) is 0 Å². The van der Waals surface area contributed by atoms with Crippen LogP contribution >= 0.6 is 0 Å². The number of benzene rings is 1. The van der Waals surface area contributed by atoms with Crippen LogP contribution in [-0.2, 0) is 6.54 Å². The lowest BCUT2D eigenvalue weighted by molar-refractivity contribution is 0.704. The zero-order valence-electron chi connectivity index (χ0n) is 15.5. The molecule has 0 spiro atoms. The molecule has 0 unspecified atom stereocenters. The van der Waals surface area contributed by atoms with Gasteiger partial charge in [-0.1, -0.05) is 12.1 Å². The number of aromatic nitrogens is 2. The maximum atomic E-state index is 7.65. The summed E-state index contributed by atoms with van der Waals surface area (Å²) in [5.74, 6) is 0.607. The molecule has 0 saturated carbocycles. The van der Waals surface area contributed by atoms with Gasteiger partial charge in [-0.05, 0) is 49.7 Å². The van der Waals surface area contributed by atoms with Gasteiger partial charge >= 0.3 is 0 Å². The number of hydrogen-bond donors (Lipinski definition) is 4. The van der Waals surface area contributed by atoms with Crippen LogP contribution in [0.25, 0.3) is 16.5 Å². The second-order valence-corrected chi connectivity index (χ2v) is 6.58. The number of pyridine rings is 2. The molecule has 2 aromatic heterocycles. The molecule has 0 fully saturated rings.